The number of alkyl halides is 1. The number of ketones is 2. The second-order valence-electron chi connectivity index (χ2n) is 9.60. The fourth-order valence-electron chi connectivity index (χ4n) is 5.28. The van der Waals surface area contributed by atoms with Crippen LogP contribution in [-0.4, -0.2) is 71.5 Å². The van der Waals surface area contributed by atoms with Gasteiger partial charge in [0.25, 0.3) is 0 Å². The number of halogens is 1. The van der Waals surface area contributed by atoms with Crippen LogP contribution in [0, 0.1) is 11.3 Å². The van der Waals surface area contributed by atoms with Crippen LogP contribution in [0.3, 0.4) is 0 Å². The molecule has 0 bridgehead atoms. The van der Waals surface area contributed by atoms with Gasteiger partial charge in [-0.25, -0.2) is 0 Å². The van der Waals surface area contributed by atoms with Gasteiger partial charge >= 0.3 is 11.9 Å². The van der Waals surface area contributed by atoms with Crippen LogP contribution in [-0.2, 0) is 31.9 Å². The minimum atomic E-state index is -1.13. The van der Waals surface area contributed by atoms with Gasteiger partial charge in [-0.1, -0.05) is 29.8 Å². The Morgan fingerprint density at radius 1 is 0.786 bits per heavy atom. The predicted octanol–water partition coefficient (Wildman–Crippen LogP) is 5.04. The van der Waals surface area contributed by atoms with E-state index in [0.717, 1.165) is 29.3 Å². The average Bonchev–Trinajstić information content (AvgIpc) is 3.47. The molecule has 10 nitrogen and oxygen atoms in total. The second kappa shape index (κ2) is 15.0. The number of Topliss-reactive ketones (excluding diaryl/α,β-unsaturated/α-hetero) is 2. The van der Waals surface area contributed by atoms with Gasteiger partial charge in [0.2, 0.25) is 0 Å². The number of benzene rings is 2. The van der Waals surface area contributed by atoms with E-state index >= 15 is 0 Å². The van der Waals surface area contributed by atoms with E-state index in [2.05, 4.69) is 20.7 Å². The molecule has 2 aliphatic carbocycles. The number of carbonyl (C=O) groups excluding carboxylic acids is 4. The Hall–Kier alpha value is -3.60. The van der Waals surface area contributed by atoms with Crippen molar-refractivity contribution in [1.82, 2.24) is 0 Å². The fourth-order valence-corrected chi connectivity index (χ4v) is 5.68. The first-order valence-corrected chi connectivity index (χ1v) is 14.1. The number of rotatable bonds is 10. The number of hydrogen-bond acceptors (Lipinski definition) is 10. The Morgan fingerprint density at radius 2 is 1.31 bits per heavy atom. The molecule has 0 saturated heterocycles. The summed E-state index contributed by atoms with van der Waals surface area (Å²) in [7, 11) is 8.70. The van der Waals surface area contributed by atoms with Gasteiger partial charge < -0.3 is 28.4 Å². The zero-order valence-electron chi connectivity index (χ0n) is 24.1. The zero-order valence-corrected chi connectivity index (χ0v) is 25.7. The Kier molecular flexibility index (Phi) is 12.4. The molecule has 2 aliphatic rings. The van der Waals surface area contributed by atoms with E-state index in [0.29, 0.717) is 53.4 Å². The molecule has 4 rings (SSSR count). The maximum absolute atomic E-state index is 13.0. The molecule has 230 valence electrons. The SMILES string of the molecule is C.COC(=O)C1(CCCCBr)Cc2cc(OC)c(OC)cc2C1=O.COC(=O)C1Cc2cc(OC)c(OC)cc2C1=O. The van der Waals surface area contributed by atoms with Crippen molar-refractivity contribution in [3.05, 3.63) is 46.5 Å². The van der Waals surface area contributed by atoms with Crippen molar-refractivity contribution in [2.75, 3.05) is 48.0 Å². The van der Waals surface area contributed by atoms with Gasteiger partial charge in [0, 0.05) is 16.5 Å². The smallest absolute Gasteiger partial charge is 0.320 e. The zero-order chi connectivity index (χ0) is 30.3. The summed E-state index contributed by atoms with van der Waals surface area (Å²) in [6.07, 6.45) is 2.84. The Balaban J connectivity index is 0.000000295. The van der Waals surface area contributed by atoms with Crippen LogP contribution in [0.5, 0.6) is 23.0 Å². The van der Waals surface area contributed by atoms with Crippen molar-refractivity contribution in [3.63, 3.8) is 0 Å². The van der Waals surface area contributed by atoms with Gasteiger partial charge in [-0.2, -0.15) is 0 Å². The minimum absolute atomic E-state index is 0. The number of unbranched alkanes of at least 4 members (excludes halogenated alkanes) is 1. The second-order valence-corrected chi connectivity index (χ2v) is 10.4. The molecule has 42 heavy (non-hydrogen) atoms. The largest absolute Gasteiger partial charge is 0.493 e. The van der Waals surface area contributed by atoms with Gasteiger partial charge in [-0.05, 0) is 61.1 Å². The Morgan fingerprint density at radius 3 is 1.81 bits per heavy atom. The van der Waals surface area contributed by atoms with Crippen LogP contribution in [0.2, 0.25) is 0 Å². The molecule has 2 aromatic carbocycles. The third kappa shape index (κ3) is 6.56. The third-order valence-corrected chi connectivity index (χ3v) is 8.01. The molecule has 0 spiro atoms. The van der Waals surface area contributed by atoms with Crippen LogP contribution in [0.15, 0.2) is 24.3 Å². The molecule has 2 aromatic rings. The number of carbonyl (C=O) groups is 4. The van der Waals surface area contributed by atoms with E-state index in [1.165, 1.54) is 35.5 Å². The van der Waals surface area contributed by atoms with Gasteiger partial charge in [-0.3, -0.25) is 19.2 Å². The Labute approximate surface area is 255 Å². The lowest BCUT2D eigenvalue weighted by atomic mass is 9.79. The molecule has 0 radical (unpaired) electrons. The van der Waals surface area contributed by atoms with Gasteiger partial charge in [-0.15, -0.1) is 0 Å². The highest BCUT2D eigenvalue weighted by atomic mass is 79.9. The van der Waals surface area contributed by atoms with E-state index in [-0.39, 0.29) is 19.0 Å². The number of methoxy groups -OCH3 is 6. The number of fused-ring (bicyclic) bond motifs is 2. The van der Waals surface area contributed by atoms with E-state index in [1.807, 2.05) is 0 Å². The molecule has 0 aliphatic heterocycles. The van der Waals surface area contributed by atoms with Crippen LogP contribution >= 0.6 is 15.9 Å². The van der Waals surface area contributed by atoms with E-state index in [1.54, 1.807) is 31.4 Å². The summed E-state index contributed by atoms with van der Waals surface area (Å²) >= 11 is 3.38. The van der Waals surface area contributed by atoms with Crippen molar-refractivity contribution in [1.29, 1.82) is 0 Å². The molecule has 0 fully saturated rings. The standard InChI is InChI=1S/C17H21BrO5.C13H14O5.CH4/c1-21-13-8-11-10-17(16(20)23-3,6-4-5-7-18)15(19)12(11)9-14(13)22-2;1-16-10-5-7-4-9(13(15)18-3)12(14)8(7)6-11(10)17-2;/h8-9H,4-7,10H2,1-3H3;5-6,9H,4H2,1-3H3;1H4. The summed E-state index contributed by atoms with van der Waals surface area (Å²) in [6.45, 7) is 0. The molecule has 0 amide bonds. The van der Waals surface area contributed by atoms with Crippen molar-refractivity contribution < 1.29 is 47.6 Å². The summed E-state index contributed by atoms with van der Waals surface area (Å²) in [4.78, 5) is 48.9. The first-order chi connectivity index (χ1) is 19.7. The predicted molar refractivity (Wildman–Crippen MR) is 159 cm³/mol. The normalized spacial score (nSPS) is 18.0. The lowest BCUT2D eigenvalue weighted by Gasteiger charge is -2.24. The van der Waals surface area contributed by atoms with Gasteiger partial charge in [0.1, 0.15) is 11.3 Å². The minimum Gasteiger partial charge on any atom is -0.493 e. The number of esters is 2. The molecule has 0 aromatic heterocycles. The first-order valence-electron chi connectivity index (χ1n) is 13.0. The monoisotopic (exact) mass is 650 g/mol. The summed E-state index contributed by atoms with van der Waals surface area (Å²) in [5.41, 5.74) is 1.48. The summed E-state index contributed by atoms with van der Waals surface area (Å²) < 4.78 is 30.4. The van der Waals surface area contributed by atoms with Crippen molar-refractivity contribution >= 4 is 39.4 Å². The highest BCUT2D eigenvalue weighted by Gasteiger charge is 2.52. The molecule has 0 saturated carbocycles. The van der Waals surface area contributed by atoms with Gasteiger partial charge in [0.15, 0.2) is 34.6 Å². The van der Waals surface area contributed by atoms with Crippen molar-refractivity contribution in [2.45, 2.75) is 39.5 Å². The van der Waals surface area contributed by atoms with Crippen LogP contribution in [0.4, 0.5) is 0 Å². The maximum atomic E-state index is 13.0. The average molecular weight is 652 g/mol. The first kappa shape index (κ1) is 34.6. The quantitative estimate of drug-likeness (QED) is 0.150. The topological polar surface area (TPSA) is 124 Å². The fraction of sp³-hybridized carbons (Fsp3) is 0.484. The molecule has 0 N–H and O–H groups in total. The lowest BCUT2D eigenvalue weighted by Crippen LogP contribution is -2.38. The molecule has 11 heteroatoms. The van der Waals surface area contributed by atoms with E-state index in [9.17, 15) is 19.2 Å². The number of hydrogen-bond donors (Lipinski definition) is 0. The van der Waals surface area contributed by atoms with Crippen LogP contribution < -0.4 is 18.9 Å². The van der Waals surface area contributed by atoms with E-state index in [4.69, 9.17) is 23.7 Å². The number of ether oxygens (including phenoxy) is 6. The third-order valence-electron chi connectivity index (χ3n) is 7.45. The van der Waals surface area contributed by atoms with Gasteiger partial charge in [0.05, 0.1) is 42.7 Å². The van der Waals surface area contributed by atoms with Crippen LogP contribution in [0.1, 0.15) is 58.5 Å². The highest BCUT2D eigenvalue weighted by molar-refractivity contribution is 9.09. The van der Waals surface area contributed by atoms with Crippen LogP contribution in [0.25, 0.3) is 0 Å². The maximum Gasteiger partial charge on any atom is 0.320 e. The highest BCUT2D eigenvalue weighted by Crippen LogP contribution is 2.45. The molecule has 0 heterocycles. The van der Waals surface area contributed by atoms with E-state index < -0.39 is 23.3 Å². The molecule has 2 unspecified atom stereocenters. The molecular formula is C31H39BrO10. The summed E-state index contributed by atoms with van der Waals surface area (Å²) in [5, 5.41) is 0.840. The summed E-state index contributed by atoms with van der Waals surface area (Å²) in [6, 6.07) is 6.78. The van der Waals surface area contributed by atoms with Crippen molar-refractivity contribution in [2.24, 2.45) is 11.3 Å². The lowest BCUT2D eigenvalue weighted by molar-refractivity contribution is -0.150. The summed E-state index contributed by atoms with van der Waals surface area (Å²) in [5.74, 6) is -0.0552. The Bertz CT molecular complexity index is 1320. The molecular weight excluding hydrogens is 612 g/mol. The molecule has 2 atom stereocenters. The van der Waals surface area contributed by atoms with Crippen molar-refractivity contribution in [3.8, 4) is 23.0 Å².